The van der Waals surface area contributed by atoms with Crippen molar-refractivity contribution in [3.05, 3.63) is 105 Å². The second-order valence-corrected chi connectivity index (χ2v) is 7.96. The van der Waals surface area contributed by atoms with Crippen LogP contribution in [-0.4, -0.2) is 28.0 Å². The van der Waals surface area contributed by atoms with Gasteiger partial charge >= 0.3 is 5.69 Å². The number of halogens is 1. The van der Waals surface area contributed by atoms with Crippen LogP contribution < -0.4 is 4.74 Å². The molecular weight excluding hydrogens is 428 g/mol. The molecule has 0 fully saturated rings. The van der Waals surface area contributed by atoms with Crippen LogP contribution in [0.3, 0.4) is 0 Å². The van der Waals surface area contributed by atoms with Crippen LogP contribution in [0.2, 0.25) is 0 Å². The van der Waals surface area contributed by atoms with Crippen LogP contribution in [0.25, 0.3) is 0 Å². The van der Waals surface area contributed by atoms with E-state index in [1.54, 1.807) is 12.1 Å². The highest BCUT2D eigenvalue weighted by Crippen LogP contribution is 2.42. The standard InChI is InChI=1S/C25H26N2O4.ClH/c1-26(16-18-8-4-2-5-9-18)22-14-12-20-21(25(22)28)13-15-23(24(20)27(29)30)31-17-19-10-6-3-7-11-19;/h2-11,13,15,22,25,28H,12,14,16-17H2,1H3;1H/t22-,25-;/m0./s1. The Balaban J connectivity index is 0.00000289. The molecule has 0 aliphatic heterocycles. The minimum Gasteiger partial charge on any atom is -0.482 e. The highest BCUT2D eigenvalue weighted by molar-refractivity contribution is 5.85. The molecule has 0 unspecified atom stereocenters. The molecule has 1 aliphatic rings. The molecule has 1 aliphatic carbocycles. The van der Waals surface area contributed by atoms with Gasteiger partial charge in [-0.25, -0.2) is 0 Å². The zero-order valence-corrected chi connectivity index (χ0v) is 18.7. The van der Waals surface area contributed by atoms with Crippen molar-refractivity contribution in [1.29, 1.82) is 0 Å². The van der Waals surface area contributed by atoms with Crippen LogP contribution >= 0.6 is 12.4 Å². The van der Waals surface area contributed by atoms with Crippen LogP contribution in [0.15, 0.2) is 72.8 Å². The van der Waals surface area contributed by atoms with Crippen molar-refractivity contribution in [3.63, 3.8) is 0 Å². The predicted octanol–water partition coefficient (Wildman–Crippen LogP) is 5.08. The summed E-state index contributed by atoms with van der Waals surface area (Å²) in [5.74, 6) is 0.246. The van der Waals surface area contributed by atoms with Gasteiger partial charge in [0.1, 0.15) is 6.61 Å². The Morgan fingerprint density at radius 1 is 1.03 bits per heavy atom. The first-order valence-corrected chi connectivity index (χ1v) is 10.4. The third kappa shape index (κ3) is 5.10. The number of benzene rings is 3. The van der Waals surface area contributed by atoms with E-state index in [9.17, 15) is 15.2 Å². The van der Waals surface area contributed by atoms with Crippen molar-refractivity contribution in [2.75, 3.05) is 7.05 Å². The average molecular weight is 455 g/mol. The number of aliphatic hydroxyl groups excluding tert-OH is 1. The van der Waals surface area contributed by atoms with E-state index < -0.39 is 6.10 Å². The first-order chi connectivity index (χ1) is 15.0. The number of hydrogen-bond donors (Lipinski definition) is 1. The zero-order valence-electron chi connectivity index (χ0n) is 17.9. The first kappa shape index (κ1) is 23.7. The quantitative estimate of drug-likeness (QED) is 0.398. The normalized spacial score (nSPS) is 17.3. The Hall–Kier alpha value is -2.93. The SMILES string of the molecule is CN(Cc1ccccc1)[C@H]1CCc2c(ccc(OCc3ccccc3)c2[N+](=O)[O-])[C@@H]1O.Cl. The van der Waals surface area contributed by atoms with Crippen LogP contribution in [0, 0.1) is 10.1 Å². The van der Waals surface area contributed by atoms with Crippen LogP contribution in [0.1, 0.15) is 34.8 Å². The number of ether oxygens (including phenoxy) is 1. The fourth-order valence-corrected chi connectivity index (χ4v) is 4.33. The summed E-state index contributed by atoms with van der Waals surface area (Å²) in [6.45, 7) is 0.962. The molecule has 0 radical (unpaired) electrons. The fourth-order valence-electron chi connectivity index (χ4n) is 4.33. The number of hydrogen-bond acceptors (Lipinski definition) is 5. The molecule has 32 heavy (non-hydrogen) atoms. The lowest BCUT2D eigenvalue weighted by Gasteiger charge is -2.36. The topological polar surface area (TPSA) is 75.8 Å². The van der Waals surface area contributed by atoms with E-state index in [4.69, 9.17) is 4.74 Å². The van der Waals surface area contributed by atoms with Crippen LogP contribution in [0.4, 0.5) is 5.69 Å². The van der Waals surface area contributed by atoms with Gasteiger partial charge in [0.05, 0.1) is 11.0 Å². The van der Waals surface area contributed by atoms with Crippen LogP contribution in [0.5, 0.6) is 5.75 Å². The highest BCUT2D eigenvalue weighted by atomic mass is 35.5. The molecule has 3 aromatic carbocycles. The minimum atomic E-state index is -0.792. The van der Waals surface area contributed by atoms with Gasteiger partial charge in [0.25, 0.3) is 0 Å². The van der Waals surface area contributed by atoms with Crippen molar-refractivity contribution in [1.82, 2.24) is 4.90 Å². The fraction of sp³-hybridized carbons (Fsp3) is 0.280. The number of nitro benzene ring substituents is 1. The van der Waals surface area contributed by atoms with Gasteiger partial charge in [-0.2, -0.15) is 0 Å². The molecule has 1 N–H and O–H groups in total. The van der Waals surface area contributed by atoms with Gasteiger partial charge in [-0.15, -0.1) is 12.4 Å². The van der Waals surface area contributed by atoms with E-state index in [2.05, 4.69) is 17.0 Å². The zero-order chi connectivity index (χ0) is 21.8. The summed E-state index contributed by atoms with van der Waals surface area (Å²) in [6, 6.07) is 22.9. The second-order valence-electron chi connectivity index (χ2n) is 7.96. The summed E-state index contributed by atoms with van der Waals surface area (Å²) < 4.78 is 5.81. The number of rotatable bonds is 7. The van der Waals surface area contributed by atoms with Gasteiger partial charge in [-0.3, -0.25) is 15.0 Å². The molecule has 4 rings (SSSR count). The summed E-state index contributed by atoms with van der Waals surface area (Å²) in [5, 5.41) is 23.0. The van der Waals surface area contributed by atoms with E-state index in [1.807, 2.05) is 55.6 Å². The number of fused-ring (bicyclic) bond motifs is 1. The van der Waals surface area contributed by atoms with E-state index >= 15 is 0 Å². The Morgan fingerprint density at radius 2 is 1.66 bits per heavy atom. The summed E-state index contributed by atoms with van der Waals surface area (Å²) in [4.78, 5) is 13.6. The lowest BCUT2D eigenvalue weighted by atomic mass is 9.84. The third-order valence-electron chi connectivity index (χ3n) is 5.92. The van der Waals surface area contributed by atoms with E-state index in [-0.39, 0.29) is 41.4 Å². The van der Waals surface area contributed by atoms with E-state index in [0.29, 0.717) is 30.5 Å². The maximum Gasteiger partial charge on any atom is 0.314 e. The van der Waals surface area contributed by atoms with E-state index in [1.165, 1.54) is 5.56 Å². The summed E-state index contributed by atoms with van der Waals surface area (Å²) >= 11 is 0. The molecule has 168 valence electrons. The molecule has 3 aromatic rings. The lowest BCUT2D eigenvalue weighted by molar-refractivity contribution is -0.386. The van der Waals surface area contributed by atoms with Crippen molar-refractivity contribution in [2.45, 2.75) is 38.1 Å². The number of aliphatic hydroxyl groups is 1. The number of likely N-dealkylation sites (N-methyl/N-ethyl adjacent to an activating group) is 1. The molecule has 0 bridgehead atoms. The highest BCUT2D eigenvalue weighted by Gasteiger charge is 2.36. The van der Waals surface area contributed by atoms with Gasteiger partial charge < -0.3 is 9.84 Å². The Bertz CT molecular complexity index is 1050. The smallest absolute Gasteiger partial charge is 0.314 e. The number of nitrogens with zero attached hydrogens (tertiary/aromatic N) is 2. The first-order valence-electron chi connectivity index (χ1n) is 10.4. The monoisotopic (exact) mass is 454 g/mol. The van der Waals surface area contributed by atoms with Crippen LogP contribution in [-0.2, 0) is 19.6 Å². The Kier molecular flexibility index (Phi) is 7.85. The van der Waals surface area contributed by atoms with Crippen molar-refractivity contribution in [3.8, 4) is 5.75 Å². The molecule has 0 heterocycles. The van der Waals surface area contributed by atoms with Gasteiger partial charge in [-0.1, -0.05) is 66.7 Å². The largest absolute Gasteiger partial charge is 0.482 e. The van der Waals surface area contributed by atoms with Gasteiger partial charge in [-0.05, 0) is 42.6 Å². The second kappa shape index (κ2) is 10.6. The molecule has 2 atom stereocenters. The van der Waals surface area contributed by atoms with Gasteiger partial charge in [0, 0.05) is 18.2 Å². The number of nitro groups is 1. The molecule has 0 saturated carbocycles. The average Bonchev–Trinajstić information content (AvgIpc) is 2.78. The molecule has 0 aromatic heterocycles. The molecule has 0 saturated heterocycles. The van der Waals surface area contributed by atoms with Crippen molar-refractivity contribution < 1.29 is 14.8 Å². The van der Waals surface area contributed by atoms with Crippen molar-refractivity contribution >= 4 is 18.1 Å². The predicted molar refractivity (Wildman–Crippen MR) is 126 cm³/mol. The lowest BCUT2D eigenvalue weighted by Crippen LogP contribution is -2.39. The summed E-state index contributed by atoms with van der Waals surface area (Å²) in [6.07, 6.45) is 0.370. The maximum absolute atomic E-state index is 11.9. The maximum atomic E-state index is 11.9. The summed E-state index contributed by atoms with van der Waals surface area (Å²) in [5.41, 5.74) is 3.27. The van der Waals surface area contributed by atoms with Crippen molar-refractivity contribution in [2.24, 2.45) is 0 Å². The Labute approximate surface area is 194 Å². The Morgan fingerprint density at radius 3 is 2.28 bits per heavy atom. The summed E-state index contributed by atoms with van der Waals surface area (Å²) in [7, 11) is 1.98. The molecule has 0 spiro atoms. The molecule has 7 heteroatoms. The third-order valence-corrected chi connectivity index (χ3v) is 5.92. The van der Waals surface area contributed by atoms with Gasteiger partial charge in [0.15, 0.2) is 5.75 Å². The van der Waals surface area contributed by atoms with E-state index in [0.717, 1.165) is 5.56 Å². The molecule has 6 nitrogen and oxygen atoms in total. The molecular formula is C25H27ClN2O4. The van der Waals surface area contributed by atoms with Gasteiger partial charge in [0.2, 0.25) is 0 Å². The molecule has 0 amide bonds. The minimum absolute atomic E-state index is 0.